The molecule has 0 heterocycles. The summed E-state index contributed by atoms with van der Waals surface area (Å²) in [5.74, 6) is 0.119. The molecule has 0 aliphatic heterocycles. The van der Waals surface area contributed by atoms with Crippen LogP contribution < -0.4 is 5.32 Å². The van der Waals surface area contributed by atoms with Gasteiger partial charge in [-0.3, -0.25) is 4.79 Å². The second-order valence-electron chi connectivity index (χ2n) is 3.85. The third-order valence-electron chi connectivity index (χ3n) is 2.48. The maximum atomic E-state index is 11.3. The van der Waals surface area contributed by atoms with Gasteiger partial charge in [-0.05, 0) is 19.1 Å². The van der Waals surface area contributed by atoms with Gasteiger partial charge in [-0.1, -0.05) is 32.0 Å². The summed E-state index contributed by atoms with van der Waals surface area (Å²) in [4.78, 5) is 12.5. The predicted molar refractivity (Wildman–Crippen MR) is 69.7 cm³/mol. The molecule has 0 bridgehead atoms. The van der Waals surface area contributed by atoms with Gasteiger partial charge in [0.25, 0.3) is 0 Å². The van der Waals surface area contributed by atoms with Crippen molar-refractivity contribution in [1.29, 1.82) is 0 Å². The van der Waals surface area contributed by atoms with Crippen molar-refractivity contribution in [3.8, 4) is 0 Å². The van der Waals surface area contributed by atoms with E-state index < -0.39 is 0 Å². The van der Waals surface area contributed by atoms with Gasteiger partial charge in [0.2, 0.25) is 5.91 Å². The Morgan fingerprint density at radius 2 is 1.94 bits per heavy atom. The topological polar surface area (TPSA) is 29.1 Å². The molecule has 3 heteroatoms. The monoisotopic (exact) mass is 237 g/mol. The Balaban J connectivity index is 2.46. The fourth-order valence-electron chi connectivity index (χ4n) is 1.29. The number of rotatable bonds is 5. The molecule has 2 atom stereocenters. The molecule has 0 spiro atoms. The van der Waals surface area contributed by atoms with Crippen LogP contribution in [0.4, 0.5) is 0 Å². The Hall–Kier alpha value is -0.960. The Bertz CT molecular complexity index is 326. The van der Waals surface area contributed by atoms with Gasteiger partial charge in [0, 0.05) is 22.6 Å². The molecule has 0 unspecified atom stereocenters. The van der Waals surface area contributed by atoms with Crippen LogP contribution in [0.1, 0.15) is 27.2 Å². The fourth-order valence-corrected chi connectivity index (χ4v) is 2.30. The lowest BCUT2D eigenvalue weighted by Gasteiger charge is -2.20. The molecule has 0 saturated heterocycles. The van der Waals surface area contributed by atoms with E-state index in [2.05, 4.69) is 24.4 Å². The molecular weight excluding hydrogens is 218 g/mol. The zero-order valence-corrected chi connectivity index (χ0v) is 10.9. The molecule has 0 aromatic heterocycles. The van der Waals surface area contributed by atoms with Crippen molar-refractivity contribution in [3.05, 3.63) is 30.3 Å². The molecule has 1 aromatic rings. The lowest BCUT2D eigenvalue weighted by Crippen LogP contribution is -2.38. The highest BCUT2D eigenvalue weighted by Crippen LogP contribution is 2.24. The number of thioether (sulfide) groups is 1. The first-order valence-corrected chi connectivity index (χ1v) is 6.52. The van der Waals surface area contributed by atoms with Crippen LogP contribution >= 0.6 is 11.8 Å². The lowest BCUT2D eigenvalue weighted by atomic mass is 10.2. The van der Waals surface area contributed by atoms with E-state index in [-0.39, 0.29) is 11.9 Å². The largest absolute Gasteiger partial charge is 0.353 e. The first-order chi connectivity index (χ1) is 7.63. The average Bonchev–Trinajstić information content (AvgIpc) is 2.30. The molecule has 2 nitrogen and oxygen atoms in total. The molecular formula is C13H19NOS. The quantitative estimate of drug-likeness (QED) is 0.797. The Kier molecular flexibility index (Phi) is 5.39. The number of nitrogens with one attached hydrogen (secondary N) is 1. The summed E-state index contributed by atoms with van der Waals surface area (Å²) in [6.45, 7) is 6.06. The summed E-state index contributed by atoms with van der Waals surface area (Å²) in [5, 5.41) is 3.36. The second-order valence-corrected chi connectivity index (χ2v) is 5.30. The molecule has 0 radical (unpaired) electrons. The van der Waals surface area contributed by atoms with Gasteiger partial charge in [-0.15, -0.1) is 11.8 Å². The van der Waals surface area contributed by atoms with Crippen LogP contribution in [0.15, 0.2) is 35.2 Å². The molecule has 1 rings (SSSR count). The molecule has 1 N–H and O–H groups in total. The molecule has 88 valence electrons. The van der Waals surface area contributed by atoms with Gasteiger partial charge in [-0.25, -0.2) is 0 Å². The number of carbonyl (C=O) groups is 1. The fraction of sp³-hybridized carbons (Fsp3) is 0.462. The van der Waals surface area contributed by atoms with Gasteiger partial charge >= 0.3 is 0 Å². The average molecular weight is 237 g/mol. The number of amides is 1. The van der Waals surface area contributed by atoms with Crippen LogP contribution in [0.3, 0.4) is 0 Å². The highest BCUT2D eigenvalue weighted by Gasteiger charge is 2.14. The molecule has 1 amide bonds. The predicted octanol–water partition coefficient (Wildman–Crippen LogP) is 3.08. The molecule has 0 saturated carbocycles. The van der Waals surface area contributed by atoms with E-state index in [4.69, 9.17) is 0 Å². The van der Waals surface area contributed by atoms with Gasteiger partial charge in [0.1, 0.15) is 0 Å². The third kappa shape index (κ3) is 4.27. The number of hydrogen-bond acceptors (Lipinski definition) is 2. The standard InChI is InChI=1S/C13H19NOS/c1-4-13(15)14-10(2)11(3)16-12-8-6-5-7-9-12/h5-11H,4H2,1-3H3,(H,14,15)/t10-,11+/m1/s1. The van der Waals surface area contributed by atoms with Crippen molar-refractivity contribution in [2.24, 2.45) is 0 Å². The maximum absolute atomic E-state index is 11.3. The second kappa shape index (κ2) is 6.59. The van der Waals surface area contributed by atoms with Crippen molar-refractivity contribution in [2.45, 2.75) is 43.4 Å². The minimum absolute atomic E-state index is 0.119. The molecule has 0 fully saturated rings. The van der Waals surface area contributed by atoms with E-state index in [0.29, 0.717) is 11.7 Å². The van der Waals surface area contributed by atoms with Crippen LogP contribution in [-0.4, -0.2) is 17.2 Å². The van der Waals surface area contributed by atoms with E-state index in [1.54, 1.807) is 11.8 Å². The van der Waals surface area contributed by atoms with Crippen molar-refractivity contribution in [2.75, 3.05) is 0 Å². The molecule has 0 aliphatic rings. The number of benzene rings is 1. The Morgan fingerprint density at radius 1 is 1.31 bits per heavy atom. The van der Waals surface area contributed by atoms with Crippen molar-refractivity contribution >= 4 is 17.7 Å². The van der Waals surface area contributed by atoms with Crippen molar-refractivity contribution in [1.82, 2.24) is 5.32 Å². The van der Waals surface area contributed by atoms with Crippen molar-refractivity contribution < 1.29 is 4.79 Å². The summed E-state index contributed by atoms with van der Waals surface area (Å²) >= 11 is 1.79. The normalized spacial score (nSPS) is 14.2. The first kappa shape index (κ1) is 13.1. The van der Waals surface area contributed by atoms with E-state index in [0.717, 1.165) is 0 Å². The lowest BCUT2D eigenvalue weighted by molar-refractivity contribution is -0.121. The maximum Gasteiger partial charge on any atom is 0.219 e. The SMILES string of the molecule is CCC(=O)N[C@H](C)[C@H](C)Sc1ccccc1. The highest BCUT2D eigenvalue weighted by atomic mass is 32.2. The minimum atomic E-state index is 0.119. The summed E-state index contributed by atoms with van der Waals surface area (Å²) in [6, 6.07) is 10.5. The molecule has 0 aliphatic carbocycles. The van der Waals surface area contributed by atoms with Crippen LogP contribution in [0.5, 0.6) is 0 Å². The van der Waals surface area contributed by atoms with E-state index >= 15 is 0 Å². The van der Waals surface area contributed by atoms with E-state index in [1.807, 2.05) is 32.0 Å². The summed E-state index contributed by atoms with van der Waals surface area (Å²) < 4.78 is 0. The smallest absolute Gasteiger partial charge is 0.219 e. The van der Waals surface area contributed by atoms with Crippen LogP contribution in [-0.2, 0) is 4.79 Å². The number of hydrogen-bond donors (Lipinski definition) is 1. The third-order valence-corrected chi connectivity index (χ3v) is 3.80. The Morgan fingerprint density at radius 3 is 2.50 bits per heavy atom. The van der Waals surface area contributed by atoms with Gasteiger partial charge in [-0.2, -0.15) is 0 Å². The number of carbonyl (C=O) groups excluding carboxylic acids is 1. The molecule has 1 aromatic carbocycles. The summed E-state index contributed by atoms with van der Waals surface area (Å²) in [7, 11) is 0. The zero-order valence-electron chi connectivity index (χ0n) is 10.1. The van der Waals surface area contributed by atoms with Crippen LogP contribution in [0.25, 0.3) is 0 Å². The van der Waals surface area contributed by atoms with Gasteiger partial charge in [0.15, 0.2) is 0 Å². The van der Waals surface area contributed by atoms with Gasteiger partial charge in [0.05, 0.1) is 0 Å². The first-order valence-electron chi connectivity index (χ1n) is 5.64. The van der Waals surface area contributed by atoms with E-state index in [9.17, 15) is 4.79 Å². The summed E-state index contributed by atoms with van der Waals surface area (Å²) in [5.41, 5.74) is 0. The Labute approximate surface area is 102 Å². The van der Waals surface area contributed by atoms with Crippen LogP contribution in [0.2, 0.25) is 0 Å². The van der Waals surface area contributed by atoms with E-state index in [1.165, 1.54) is 4.90 Å². The minimum Gasteiger partial charge on any atom is -0.353 e. The summed E-state index contributed by atoms with van der Waals surface area (Å²) in [6.07, 6.45) is 0.549. The van der Waals surface area contributed by atoms with Crippen LogP contribution in [0, 0.1) is 0 Å². The zero-order chi connectivity index (χ0) is 12.0. The van der Waals surface area contributed by atoms with Crippen molar-refractivity contribution in [3.63, 3.8) is 0 Å². The highest BCUT2D eigenvalue weighted by molar-refractivity contribution is 8.00. The molecule has 16 heavy (non-hydrogen) atoms. The van der Waals surface area contributed by atoms with Gasteiger partial charge < -0.3 is 5.32 Å².